The number of carbonyl (C=O) groups is 1. The van der Waals surface area contributed by atoms with E-state index in [0.29, 0.717) is 22.3 Å². The van der Waals surface area contributed by atoms with Crippen LogP contribution in [0.2, 0.25) is 5.02 Å². The molecule has 27 heavy (non-hydrogen) atoms. The van der Waals surface area contributed by atoms with E-state index in [2.05, 4.69) is 29.1 Å². The second kappa shape index (κ2) is 7.70. The van der Waals surface area contributed by atoms with Crippen LogP contribution in [-0.2, 0) is 4.79 Å². The van der Waals surface area contributed by atoms with E-state index in [1.165, 1.54) is 4.88 Å². The number of fused-ring (bicyclic) bond motifs is 1. The lowest BCUT2D eigenvalue weighted by molar-refractivity contribution is -0.114. The topological polar surface area (TPSA) is 67.3 Å². The molecule has 0 bridgehead atoms. The van der Waals surface area contributed by atoms with Crippen molar-refractivity contribution < 1.29 is 9.53 Å². The molecule has 142 valence electrons. The first kappa shape index (κ1) is 19.4. The highest BCUT2D eigenvalue weighted by molar-refractivity contribution is 7.18. The molecule has 0 radical (unpaired) electrons. The lowest BCUT2D eigenvalue weighted by Gasteiger charge is -2.20. The number of benzene rings is 1. The Morgan fingerprint density at radius 3 is 2.74 bits per heavy atom. The number of amides is 1. The standard InChI is InChI=1S/C19H21ClN4O2S/c1-10-11(2)27-19-17(10)18(21-12(3)22-19)24(4)9-16(25)23-14-8-13(20)6-7-15(14)26-5/h6-8H,9H2,1-5H3,(H,23,25). The minimum absolute atomic E-state index is 0.134. The summed E-state index contributed by atoms with van der Waals surface area (Å²) < 4.78 is 5.28. The van der Waals surface area contributed by atoms with Crippen molar-refractivity contribution in [2.75, 3.05) is 30.9 Å². The molecule has 0 saturated heterocycles. The fourth-order valence-electron chi connectivity index (χ4n) is 2.87. The van der Waals surface area contributed by atoms with Gasteiger partial charge in [0.1, 0.15) is 22.2 Å². The van der Waals surface area contributed by atoms with Crippen molar-refractivity contribution in [3.05, 3.63) is 39.5 Å². The van der Waals surface area contributed by atoms with Gasteiger partial charge in [0, 0.05) is 16.9 Å². The number of hydrogen-bond donors (Lipinski definition) is 1. The van der Waals surface area contributed by atoms with Gasteiger partial charge in [-0.2, -0.15) is 0 Å². The van der Waals surface area contributed by atoms with E-state index in [-0.39, 0.29) is 12.5 Å². The van der Waals surface area contributed by atoms with Crippen LogP contribution in [0.15, 0.2) is 18.2 Å². The number of methoxy groups -OCH3 is 1. The molecule has 8 heteroatoms. The minimum atomic E-state index is -0.188. The van der Waals surface area contributed by atoms with Crippen LogP contribution in [0.25, 0.3) is 10.2 Å². The number of nitrogens with one attached hydrogen (secondary N) is 1. The number of carbonyl (C=O) groups excluding carboxylic acids is 1. The normalized spacial score (nSPS) is 10.9. The van der Waals surface area contributed by atoms with Gasteiger partial charge < -0.3 is 15.0 Å². The maximum atomic E-state index is 12.6. The van der Waals surface area contributed by atoms with Gasteiger partial charge in [0.05, 0.1) is 24.7 Å². The molecule has 0 saturated carbocycles. The lowest BCUT2D eigenvalue weighted by atomic mass is 10.2. The Kier molecular flexibility index (Phi) is 5.53. The van der Waals surface area contributed by atoms with Gasteiger partial charge in [0.25, 0.3) is 0 Å². The Bertz CT molecular complexity index is 1020. The summed E-state index contributed by atoms with van der Waals surface area (Å²) in [7, 11) is 3.40. The minimum Gasteiger partial charge on any atom is -0.495 e. The molecule has 0 spiro atoms. The second-order valence-corrected chi connectivity index (χ2v) is 7.95. The highest BCUT2D eigenvalue weighted by Crippen LogP contribution is 2.34. The Hall–Kier alpha value is -2.38. The van der Waals surface area contributed by atoms with Gasteiger partial charge in [-0.3, -0.25) is 4.79 Å². The second-order valence-electron chi connectivity index (χ2n) is 6.31. The van der Waals surface area contributed by atoms with Gasteiger partial charge in [-0.25, -0.2) is 9.97 Å². The van der Waals surface area contributed by atoms with Crippen molar-refractivity contribution in [2.45, 2.75) is 20.8 Å². The average Bonchev–Trinajstić information content (AvgIpc) is 2.88. The Labute approximate surface area is 167 Å². The number of ether oxygens (including phenoxy) is 1. The van der Waals surface area contributed by atoms with Crippen molar-refractivity contribution in [1.82, 2.24) is 9.97 Å². The SMILES string of the molecule is COc1ccc(Cl)cc1NC(=O)CN(C)c1nc(C)nc2sc(C)c(C)c12. The summed E-state index contributed by atoms with van der Waals surface area (Å²) in [5.41, 5.74) is 1.68. The van der Waals surface area contributed by atoms with Crippen molar-refractivity contribution in [2.24, 2.45) is 0 Å². The first-order valence-corrected chi connectivity index (χ1v) is 9.58. The zero-order valence-corrected chi connectivity index (χ0v) is 17.5. The molecule has 1 N–H and O–H groups in total. The zero-order valence-electron chi connectivity index (χ0n) is 15.9. The summed E-state index contributed by atoms with van der Waals surface area (Å²) in [6.45, 7) is 6.12. The number of rotatable bonds is 5. The number of aromatic nitrogens is 2. The summed E-state index contributed by atoms with van der Waals surface area (Å²) in [6.07, 6.45) is 0. The molecule has 0 unspecified atom stereocenters. The molecular formula is C19H21ClN4O2S. The van der Waals surface area contributed by atoms with Crippen molar-refractivity contribution >= 4 is 50.6 Å². The molecule has 2 heterocycles. The predicted molar refractivity (Wildman–Crippen MR) is 112 cm³/mol. The van der Waals surface area contributed by atoms with Crippen LogP contribution in [0, 0.1) is 20.8 Å². The van der Waals surface area contributed by atoms with E-state index >= 15 is 0 Å². The number of nitrogens with zero attached hydrogens (tertiary/aromatic N) is 3. The van der Waals surface area contributed by atoms with Crippen molar-refractivity contribution in [3.63, 3.8) is 0 Å². The van der Waals surface area contributed by atoms with Crippen LogP contribution in [0.1, 0.15) is 16.3 Å². The van der Waals surface area contributed by atoms with Crippen LogP contribution < -0.4 is 15.0 Å². The highest BCUT2D eigenvalue weighted by Gasteiger charge is 2.18. The zero-order chi connectivity index (χ0) is 19.7. The number of hydrogen-bond acceptors (Lipinski definition) is 6. The quantitative estimate of drug-likeness (QED) is 0.684. The molecule has 3 rings (SSSR count). The van der Waals surface area contributed by atoms with Gasteiger partial charge in [0.2, 0.25) is 5.91 Å². The molecule has 2 aromatic heterocycles. The van der Waals surface area contributed by atoms with Crippen molar-refractivity contribution in [1.29, 1.82) is 0 Å². The average molecular weight is 405 g/mol. The molecular weight excluding hydrogens is 384 g/mol. The molecule has 1 amide bonds. The summed E-state index contributed by atoms with van der Waals surface area (Å²) >= 11 is 7.67. The fourth-order valence-corrected chi connectivity index (χ4v) is 4.11. The van der Waals surface area contributed by atoms with E-state index in [1.54, 1.807) is 36.6 Å². The third-order valence-electron chi connectivity index (χ3n) is 4.30. The number of halogens is 1. The molecule has 0 aliphatic rings. The monoisotopic (exact) mass is 404 g/mol. The highest BCUT2D eigenvalue weighted by atomic mass is 35.5. The van der Waals surface area contributed by atoms with Gasteiger partial charge in [-0.15, -0.1) is 11.3 Å². The van der Waals surface area contributed by atoms with Crippen LogP contribution in [0.4, 0.5) is 11.5 Å². The summed E-state index contributed by atoms with van der Waals surface area (Å²) in [5.74, 6) is 1.81. The van der Waals surface area contributed by atoms with Crippen molar-refractivity contribution in [3.8, 4) is 5.75 Å². The Balaban J connectivity index is 1.86. The van der Waals surface area contributed by atoms with E-state index in [1.807, 2.05) is 18.9 Å². The summed E-state index contributed by atoms with van der Waals surface area (Å²) in [4.78, 5) is 25.7. The van der Waals surface area contributed by atoms with Gasteiger partial charge in [0.15, 0.2) is 0 Å². The number of thiophene rings is 1. The maximum Gasteiger partial charge on any atom is 0.244 e. The number of anilines is 2. The third-order valence-corrected chi connectivity index (χ3v) is 5.64. The summed E-state index contributed by atoms with van der Waals surface area (Å²) in [6, 6.07) is 5.10. The van der Waals surface area contributed by atoms with Gasteiger partial charge in [-0.1, -0.05) is 11.6 Å². The van der Waals surface area contributed by atoms with Crippen LogP contribution >= 0.6 is 22.9 Å². The fraction of sp³-hybridized carbons (Fsp3) is 0.316. The largest absolute Gasteiger partial charge is 0.495 e. The molecule has 6 nitrogen and oxygen atoms in total. The van der Waals surface area contributed by atoms with Crippen LogP contribution in [0.5, 0.6) is 5.75 Å². The third kappa shape index (κ3) is 3.99. The molecule has 1 aromatic carbocycles. The van der Waals surface area contributed by atoms with Gasteiger partial charge >= 0.3 is 0 Å². The smallest absolute Gasteiger partial charge is 0.244 e. The first-order valence-electron chi connectivity index (χ1n) is 8.39. The van der Waals surface area contributed by atoms with Gasteiger partial charge in [-0.05, 0) is 44.5 Å². The molecule has 3 aromatic rings. The molecule has 0 fully saturated rings. The number of likely N-dealkylation sites (N-methyl/N-ethyl adjacent to an activating group) is 1. The van der Waals surface area contributed by atoms with E-state index < -0.39 is 0 Å². The Morgan fingerprint density at radius 1 is 1.30 bits per heavy atom. The molecule has 0 atom stereocenters. The lowest BCUT2D eigenvalue weighted by Crippen LogP contribution is -2.31. The van der Waals surface area contributed by atoms with E-state index in [9.17, 15) is 4.79 Å². The van der Waals surface area contributed by atoms with Crippen LogP contribution in [-0.4, -0.2) is 36.6 Å². The van der Waals surface area contributed by atoms with Crippen LogP contribution in [0.3, 0.4) is 0 Å². The van der Waals surface area contributed by atoms with E-state index in [4.69, 9.17) is 16.3 Å². The molecule has 0 aliphatic carbocycles. The Morgan fingerprint density at radius 2 is 2.04 bits per heavy atom. The van der Waals surface area contributed by atoms with E-state index in [0.717, 1.165) is 21.6 Å². The summed E-state index contributed by atoms with van der Waals surface area (Å²) in [5, 5.41) is 4.38. The predicted octanol–water partition coefficient (Wildman–Crippen LogP) is 4.35. The number of aryl methyl sites for hydroxylation is 3. The molecule has 0 aliphatic heterocycles. The first-order chi connectivity index (χ1) is 12.8. The maximum absolute atomic E-state index is 12.6.